The molecule has 54 heavy (non-hydrogen) atoms. The number of nitrogens with one attached hydrogen (secondary N) is 2. The van der Waals surface area contributed by atoms with Gasteiger partial charge in [0.05, 0.1) is 31.0 Å². The number of hydrogen-bond donors (Lipinski definition) is 2. The quantitative estimate of drug-likeness (QED) is 0.188. The second-order valence-electron chi connectivity index (χ2n) is 16.0. The van der Waals surface area contributed by atoms with Crippen molar-refractivity contribution in [1.29, 1.82) is 0 Å². The first-order valence-corrected chi connectivity index (χ1v) is 17.6. The van der Waals surface area contributed by atoms with Crippen LogP contribution in [0.25, 0.3) is 0 Å². The number of nitrogens with zero attached hydrogens (tertiary/aromatic N) is 2. The molecular formula is C39H54N4O11. The SMILES string of the molecule is COc1ccc(OCC(CNC(=O)N(C)C)OC(=O)c2ccc(NC(=O)C(C(=O)C(C)(C)C)N3C(=O)OC(C)(C)C3=O)c(OC(C)C)c2)c(C(C)(C)C)c1. The Kier molecular flexibility index (Phi) is 13.4. The van der Waals surface area contributed by atoms with E-state index >= 15 is 0 Å². The van der Waals surface area contributed by atoms with Crippen LogP contribution in [0.2, 0.25) is 0 Å². The zero-order chi connectivity index (χ0) is 40.9. The summed E-state index contributed by atoms with van der Waals surface area (Å²) in [5.41, 5.74) is -2.07. The van der Waals surface area contributed by atoms with E-state index in [1.807, 2.05) is 26.8 Å². The van der Waals surface area contributed by atoms with Gasteiger partial charge in [-0.15, -0.1) is 0 Å². The van der Waals surface area contributed by atoms with Crippen LogP contribution in [-0.4, -0.2) is 104 Å². The third kappa shape index (κ3) is 10.6. The fraction of sp³-hybridized carbons (Fsp3) is 0.538. The number of urea groups is 1. The Morgan fingerprint density at radius 2 is 1.59 bits per heavy atom. The standard InChI is InChI=1S/C39H54N4O11/c1-22(2)52-29-18-23(14-16-27(29)41-32(45)30(31(44)38(6,7)8)43-34(47)39(9,10)54-36(43)49)33(46)53-25(20-40-35(48)42(11)12)21-51-28-17-15-24(50-13)19-26(28)37(3,4)5/h14-19,22,25,30H,20-21H2,1-13H3,(H,40,48)(H,41,45). The molecule has 1 aliphatic rings. The van der Waals surface area contributed by atoms with Gasteiger partial charge >= 0.3 is 18.1 Å². The van der Waals surface area contributed by atoms with Gasteiger partial charge in [0.1, 0.15) is 23.9 Å². The summed E-state index contributed by atoms with van der Waals surface area (Å²) < 4.78 is 28.5. The lowest BCUT2D eigenvalue weighted by molar-refractivity contribution is -0.145. The number of hydrogen-bond acceptors (Lipinski definition) is 11. The van der Waals surface area contributed by atoms with E-state index in [0.29, 0.717) is 16.4 Å². The number of imide groups is 1. The summed E-state index contributed by atoms with van der Waals surface area (Å²) in [5.74, 6) is -2.06. The monoisotopic (exact) mass is 754 g/mol. The molecule has 0 saturated carbocycles. The lowest BCUT2D eigenvalue weighted by Gasteiger charge is -2.29. The van der Waals surface area contributed by atoms with Crippen LogP contribution in [0.1, 0.15) is 85.2 Å². The summed E-state index contributed by atoms with van der Waals surface area (Å²) in [5, 5.41) is 5.33. The first-order chi connectivity index (χ1) is 24.9. The minimum absolute atomic E-state index is 0.0368. The molecule has 15 heteroatoms. The smallest absolute Gasteiger partial charge is 0.418 e. The van der Waals surface area contributed by atoms with E-state index in [4.69, 9.17) is 23.7 Å². The average molecular weight is 755 g/mol. The van der Waals surface area contributed by atoms with Crippen LogP contribution >= 0.6 is 0 Å². The highest BCUT2D eigenvalue weighted by molar-refractivity contribution is 6.19. The van der Waals surface area contributed by atoms with E-state index in [1.54, 1.807) is 68.0 Å². The number of ether oxygens (including phenoxy) is 5. The maximum atomic E-state index is 13.8. The largest absolute Gasteiger partial charge is 0.497 e. The van der Waals surface area contributed by atoms with Crippen LogP contribution in [0.15, 0.2) is 36.4 Å². The molecule has 0 radical (unpaired) electrons. The molecule has 2 aromatic carbocycles. The van der Waals surface area contributed by atoms with E-state index in [0.717, 1.165) is 5.56 Å². The Balaban J connectivity index is 1.94. The highest BCUT2D eigenvalue weighted by atomic mass is 16.6. The molecule has 1 aliphatic heterocycles. The number of ketones is 1. The first kappa shape index (κ1) is 43.1. The van der Waals surface area contributed by atoms with Crippen molar-refractivity contribution in [3.63, 3.8) is 0 Å². The van der Waals surface area contributed by atoms with Crippen LogP contribution < -0.4 is 24.8 Å². The predicted molar refractivity (Wildman–Crippen MR) is 200 cm³/mol. The number of Topliss-reactive ketones (excluding diaryl/α,β-unsaturated/α-hetero) is 1. The third-order valence-corrected chi connectivity index (χ3v) is 8.19. The van der Waals surface area contributed by atoms with Gasteiger partial charge in [-0.1, -0.05) is 41.5 Å². The summed E-state index contributed by atoms with van der Waals surface area (Å²) in [4.78, 5) is 81.3. The molecule has 2 N–H and O–H groups in total. The van der Waals surface area contributed by atoms with Crippen molar-refractivity contribution in [2.24, 2.45) is 5.41 Å². The molecule has 5 amide bonds. The number of methoxy groups -OCH3 is 1. The topological polar surface area (TPSA) is 179 Å². The fourth-order valence-corrected chi connectivity index (χ4v) is 5.22. The maximum Gasteiger partial charge on any atom is 0.418 e. The molecule has 296 valence electrons. The summed E-state index contributed by atoms with van der Waals surface area (Å²) in [6.45, 7) is 16.8. The van der Waals surface area contributed by atoms with Crippen LogP contribution in [-0.2, 0) is 29.3 Å². The highest BCUT2D eigenvalue weighted by Gasteiger charge is 2.55. The van der Waals surface area contributed by atoms with Gasteiger partial charge in [0.2, 0.25) is 0 Å². The van der Waals surface area contributed by atoms with Gasteiger partial charge in [-0.3, -0.25) is 14.4 Å². The van der Waals surface area contributed by atoms with Gasteiger partial charge in [0.25, 0.3) is 11.8 Å². The molecule has 1 saturated heterocycles. The number of cyclic esters (lactones) is 1. The molecule has 15 nitrogen and oxygen atoms in total. The van der Waals surface area contributed by atoms with Crippen LogP contribution in [0.4, 0.5) is 15.3 Å². The molecule has 3 rings (SSSR count). The summed E-state index contributed by atoms with van der Waals surface area (Å²) in [6, 6.07) is 7.25. The van der Waals surface area contributed by atoms with Crippen molar-refractivity contribution in [1.82, 2.24) is 15.1 Å². The van der Waals surface area contributed by atoms with Crippen LogP contribution in [0.3, 0.4) is 0 Å². The Morgan fingerprint density at radius 3 is 2.11 bits per heavy atom. The lowest BCUT2D eigenvalue weighted by Crippen LogP contribution is -2.55. The Bertz CT molecular complexity index is 1760. The zero-order valence-corrected chi connectivity index (χ0v) is 33.5. The van der Waals surface area contributed by atoms with E-state index in [2.05, 4.69) is 10.6 Å². The van der Waals surface area contributed by atoms with Crippen LogP contribution in [0, 0.1) is 5.41 Å². The Hall–Kier alpha value is -5.34. The number of esters is 1. The van der Waals surface area contributed by atoms with Crippen molar-refractivity contribution < 1.29 is 52.5 Å². The van der Waals surface area contributed by atoms with Gasteiger partial charge in [-0.05, 0) is 69.5 Å². The molecule has 2 unspecified atom stereocenters. The average Bonchev–Trinajstić information content (AvgIpc) is 3.26. The van der Waals surface area contributed by atoms with Crippen molar-refractivity contribution in [3.05, 3.63) is 47.5 Å². The van der Waals surface area contributed by atoms with Gasteiger partial charge in [-0.2, -0.15) is 0 Å². The van der Waals surface area contributed by atoms with E-state index in [1.165, 1.54) is 36.9 Å². The van der Waals surface area contributed by atoms with Gasteiger partial charge in [0, 0.05) is 25.1 Å². The summed E-state index contributed by atoms with van der Waals surface area (Å²) in [6.07, 6.45) is -2.50. The molecule has 0 spiro atoms. The molecule has 2 atom stereocenters. The van der Waals surface area contributed by atoms with E-state index < -0.39 is 65.0 Å². The number of benzene rings is 2. The second-order valence-corrected chi connectivity index (χ2v) is 16.0. The second kappa shape index (κ2) is 16.8. The van der Waals surface area contributed by atoms with E-state index in [-0.39, 0.29) is 35.6 Å². The van der Waals surface area contributed by atoms with Gasteiger partial charge in [-0.25, -0.2) is 19.3 Å². The zero-order valence-electron chi connectivity index (χ0n) is 33.5. The van der Waals surface area contributed by atoms with Crippen molar-refractivity contribution >= 4 is 41.4 Å². The molecule has 1 fully saturated rings. The van der Waals surface area contributed by atoms with E-state index in [9.17, 15) is 28.8 Å². The minimum Gasteiger partial charge on any atom is -0.497 e. The van der Waals surface area contributed by atoms with Gasteiger partial charge in [0.15, 0.2) is 23.5 Å². The number of anilines is 1. The maximum absolute atomic E-state index is 13.8. The van der Waals surface area contributed by atoms with Crippen LogP contribution in [0.5, 0.6) is 17.2 Å². The first-order valence-electron chi connectivity index (χ1n) is 17.6. The molecule has 0 bridgehead atoms. The Labute approximate surface area is 316 Å². The van der Waals surface area contributed by atoms with Crippen molar-refractivity contribution in [3.8, 4) is 17.2 Å². The molecule has 0 aliphatic carbocycles. The molecular weight excluding hydrogens is 700 g/mol. The van der Waals surface area contributed by atoms with Gasteiger partial charge < -0.3 is 39.2 Å². The molecule has 1 heterocycles. The number of carbonyl (C=O) groups is 6. The number of amides is 5. The summed E-state index contributed by atoms with van der Waals surface area (Å²) in [7, 11) is 4.73. The molecule has 0 aromatic heterocycles. The third-order valence-electron chi connectivity index (χ3n) is 8.19. The number of carbonyl (C=O) groups excluding carboxylic acids is 6. The highest BCUT2D eigenvalue weighted by Crippen LogP contribution is 2.35. The Morgan fingerprint density at radius 1 is 0.944 bits per heavy atom. The molecule has 2 aromatic rings. The summed E-state index contributed by atoms with van der Waals surface area (Å²) >= 11 is 0. The van der Waals surface area contributed by atoms with Crippen molar-refractivity contribution in [2.45, 2.75) is 98.5 Å². The normalized spacial score (nSPS) is 15.2. The fourth-order valence-electron chi connectivity index (χ4n) is 5.22. The van der Waals surface area contributed by atoms with Crippen molar-refractivity contribution in [2.75, 3.05) is 39.7 Å². The lowest BCUT2D eigenvalue weighted by atomic mass is 9.85. The minimum atomic E-state index is -1.86. The predicted octanol–water partition coefficient (Wildman–Crippen LogP) is 5.34. The number of rotatable bonds is 14.